The lowest BCUT2D eigenvalue weighted by Crippen LogP contribution is -1.95. The van der Waals surface area contributed by atoms with E-state index in [1.165, 1.54) is 11.3 Å². The van der Waals surface area contributed by atoms with Crippen LogP contribution in [0.4, 0.5) is 0 Å². The standard InChI is InChI=1S/C8H14N2O/c1-6-7(2)10(3)9-8(6)4-5-11/h11H,4-5H2,1-3H3. The van der Waals surface area contributed by atoms with Crippen LogP contribution in [0.15, 0.2) is 0 Å². The molecule has 0 fully saturated rings. The Morgan fingerprint density at radius 1 is 1.45 bits per heavy atom. The maximum atomic E-state index is 8.70. The molecule has 0 bridgehead atoms. The van der Waals surface area contributed by atoms with Gasteiger partial charge in [-0.3, -0.25) is 4.68 Å². The highest BCUT2D eigenvalue weighted by Gasteiger charge is 2.06. The Kier molecular flexibility index (Phi) is 2.29. The highest BCUT2D eigenvalue weighted by atomic mass is 16.3. The lowest BCUT2D eigenvalue weighted by atomic mass is 10.2. The molecule has 0 radical (unpaired) electrons. The molecule has 11 heavy (non-hydrogen) atoms. The first kappa shape index (κ1) is 8.27. The number of hydrogen-bond acceptors (Lipinski definition) is 2. The van der Waals surface area contributed by atoms with Gasteiger partial charge in [0.2, 0.25) is 0 Å². The van der Waals surface area contributed by atoms with Crippen LogP contribution in [0.1, 0.15) is 17.0 Å². The first-order valence-electron chi connectivity index (χ1n) is 3.76. The Labute approximate surface area is 66.7 Å². The highest BCUT2D eigenvalue weighted by molar-refractivity contribution is 5.23. The van der Waals surface area contributed by atoms with Crippen molar-refractivity contribution >= 4 is 0 Å². The van der Waals surface area contributed by atoms with Crippen LogP contribution in [-0.2, 0) is 13.5 Å². The monoisotopic (exact) mass is 154 g/mol. The van der Waals surface area contributed by atoms with Gasteiger partial charge in [-0.2, -0.15) is 5.10 Å². The molecule has 0 saturated heterocycles. The van der Waals surface area contributed by atoms with Crippen LogP contribution in [0, 0.1) is 13.8 Å². The minimum absolute atomic E-state index is 0.178. The van der Waals surface area contributed by atoms with E-state index in [0.29, 0.717) is 6.42 Å². The van der Waals surface area contributed by atoms with E-state index in [9.17, 15) is 0 Å². The van der Waals surface area contributed by atoms with Gasteiger partial charge in [-0.05, 0) is 19.4 Å². The molecule has 0 aliphatic heterocycles. The molecule has 0 saturated carbocycles. The lowest BCUT2D eigenvalue weighted by molar-refractivity contribution is 0.297. The summed E-state index contributed by atoms with van der Waals surface area (Å²) in [7, 11) is 1.92. The zero-order chi connectivity index (χ0) is 8.43. The van der Waals surface area contributed by atoms with E-state index >= 15 is 0 Å². The minimum Gasteiger partial charge on any atom is -0.396 e. The quantitative estimate of drug-likeness (QED) is 0.676. The molecule has 62 valence electrons. The fourth-order valence-corrected chi connectivity index (χ4v) is 1.13. The van der Waals surface area contributed by atoms with Crippen molar-refractivity contribution in [1.29, 1.82) is 0 Å². The summed E-state index contributed by atoms with van der Waals surface area (Å²) >= 11 is 0. The Morgan fingerprint density at radius 3 is 2.45 bits per heavy atom. The molecule has 0 atom stereocenters. The maximum absolute atomic E-state index is 8.70. The summed E-state index contributed by atoms with van der Waals surface area (Å²) in [5, 5.41) is 13.0. The number of nitrogens with zero attached hydrogens (tertiary/aromatic N) is 2. The Bertz CT molecular complexity index is 253. The summed E-state index contributed by atoms with van der Waals surface area (Å²) in [5.74, 6) is 0. The van der Waals surface area contributed by atoms with Gasteiger partial charge in [-0.15, -0.1) is 0 Å². The van der Waals surface area contributed by atoms with Crippen molar-refractivity contribution in [3.05, 3.63) is 17.0 Å². The molecule has 1 rings (SSSR count). The fraction of sp³-hybridized carbons (Fsp3) is 0.625. The first-order chi connectivity index (χ1) is 5.16. The van der Waals surface area contributed by atoms with Crippen molar-refractivity contribution in [2.45, 2.75) is 20.3 Å². The summed E-state index contributed by atoms with van der Waals surface area (Å²) in [5.41, 5.74) is 3.38. The van der Waals surface area contributed by atoms with Gasteiger partial charge in [0.15, 0.2) is 0 Å². The van der Waals surface area contributed by atoms with Crippen molar-refractivity contribution < 1.29 is 5.11 Å². The minimum atomic E-state index is 0.178. The zero-order valence-electron chi connectivity index (χ0n) is 7.26. The van der Waals surface area contributed by atoms with E-state index in [4.69, 9.17) is 5.11 Å². The van der Waals surface area contributed by atoms with Gasteiger partial charge in [0.1, 0.15) is 0 Å². The van der Waals surface area contributed by atoms with Crippen LogP contribution >= 0.6 is 0 Å². The van der Waals surface area contributed by atoms with Gasteiger partial charge in [0.05, 0.1) is 5.69 Å². The molecule has 1 heterocycles. The summed E-state index contributed by atoms with van der Waals surface area (Å²) < 4.78 is 1.85. The summed E-state index contributed by atoms with van der Waals surface area (Å²) in [6, 6.07) is 0. The topological polar surface area (TPSA) is 38.1 Å². The van der Waals surface area contributed by atoms with Gasteiger partial charge in [0, 0.05) is 25.8 Å². The number of rotatable bonds is 2. The Hall–Kier alpha value is -0.830. The second-order valence-corrected chi connectivity index (χ2v) is 2.75. The molecular weight excluding hydrogens is 140 g/mol. The molecule has 1 aromatic rings. The second kappa shape index (κ2) is 3.05. The van der Waals surface area contributed by atoms with Crippen LogP contribution in [0.25, 0.3) is 0 Å². The van der Waals surface area contributed by atoms with E-state index in [2.05, 4.69) is 5.10 Å². The third-order valence-corrected chi connectivity index (χ3v) is 2.08. The van der Waals surface area contributed by atoms with Crippen LogP contribution in [0.5, 0.6) is 0 Å². The highest BCUT2D eigenvalue weighted by Crippen LogP contribution is 2.10. The molecule has 0 aliphatic rings. The van der Waals surface area contributed by atoms with Gasteiger partial charge < -0.3 is 5.11 Å². The van der Waals surface area contributed by atoms with E-state index < -0.39 is 0 Å². The van der Waals surface area contributed by atoms with Crippen LogP contribution in [0.3, 0.4) is 0 Å². The van der Waals surface area contributed by atoms with Gasteiger partial charge in [-0.25, -0.2) is 0 Å². The normalized spacial score (nSPS) is 10.5. The third kappa shape index (κ3) is 1.43. The Morgan fingerprint density at radius 2 is 2.09 bits per heavy atom. The van der Waals surface area contributed by atoms with Crippen molar-refractivity contribution in [2.75, 3.05) is 6.61 Å². The summed E-state index contributed by atoms with van der Waals surface area (Å²) in [4.78, 5) is 0. The van der Waals surface area contributed by atoms with Crippen LogP contribution in [0.2, 0.25) is 0 Å². The smallest absolute Gasteiger partial charge is 0.0679 e. The van der Waals surface area contributed by atoms with E-state index in [1.807, 2.05) is 25.6 Å². The van der Waals surface area contributed by atoms with E-state index in [-0.39, 0.29) is 6.61 Å². The van der Waals surface area contributed by atoms with E-state index in [0.717, 1.165) is 5.69 Å². The van der Waals surface area contributed by atoms with Crippen LogP contribution in [-0.4, -0.2) is 21.5 Å². The number of aliphatic hydroxyl groups excluding tert-OH is 1. The van der Waals surface area contributed by atoms with Crippen LogP contribution < -0.4 is 0 Å². The maximum Gasteiger partial charge on any atom is 0.0679 e. The van der Waals surface area contributed by atoms with Crippen molar-refractivity contribution in [3.63, 3.8) is 0 Å². The number of aliphatic hydroxyl groups is 1. The second-order valence-electron chi connectivity index (χ2n) is 2.75. The number of hydrogen-bond donors (Lipinski definition) is 1. The van der Waals surface area contributed by atoms with Crippen molar-refractivity contribution in [2.24, 2.45) is 7.05 Å². The van der Waals surface area contributed by atoms with Gasteiger partial charge in [0.25, 0.3) is 0 Å². The first-order valence-corrected chi connectivity index (χ1v) is 3.76. The molecule has 3 nitrogen and oxygen atoms in total. The SMILES string of the molecule is Cc1c(CCO)nn(C)c1C. The molecular formula is C8H14N2O. The van der Waals surface area contributed by atoms with E-state index in [1.54, 1.807) is 0 Å². The third-order valence-electron chi connectivity index (χ3n) is 2.08. The fourth-order valence-electron chi connectivity index (χ4n) is 1.13. The average Bonchev–Trinajstić information content (AvgIpc) is 2.19. The van der Waals surface area contributed by atoms with Crippen molar-refractivity contribution in [1.82, 2.24) is 9.78 Å². The number of aromatic nitrogens is 2. The molecule has 0 aromatic carbocycles. The predicted octanol–water partition coefficient (Wildman–Crippen LogP) is 0.572. The summed E-state index contributed by atoms with van der Waals surface area (Å²) in [6.07, 6.45) is 0.660. The zero-order valence-corrected chi connectivity index (χ0v) is 7.26. The molecule has 0 amide bonds. The predicted molar refractivity (Wildman–Crippen MR) is 43.5 cm³/mol. The molecule has 1 N–H and O–H groups in total. The largest absolute Gasteiger partial charge is 0.396 e. The van der Waals surface area contributed by atoms with Gasteiger partial charge in [-0.1, -0.05) is 0 Å². The molecule has 0 aliphatic carbocycles. The molecule has 1 aromatic heterocycles. The number of aryl methyl sites for hydroxylation is 1. The Balaban J connectivity index is 2.98. The summed E-state index contributed by atoms with van der Waals surface area (Å²) in [6.45, 7) is 4.24. The molecule has 0 spiro atoms. The lowest BCUT2D eigenvalue weighted by Gasteiger charge is -1.92. The van der Waals surface area contributed by atoms with Gasteiger partial charge >= 0.3 is 0 Å². The molecule has 0 unspecified atom stereocenters. The van der Waals surface area contributed by atoms with Crippen molar-refractivity contribution in [3.8, 4) is 0 Å². The average molecular weight is 154 g/mol. The molecule has 3 heteroatoms.